The Morgan fingerprint density at radius 1 is 1.33 bits per heavy atom. The molecule has 1 aromatic rings. The average molecular weight is 245 g/mol. The molecule has 0 saturated carbocycles. The minimum Gasteiger partial charge on any atom is -0.312 e. The first-order valence-electron chi connectivity index (χ1n) is 6.29. The molecule has 4 nitrogen and oxygen atoms in total. The van der Waals surface area contributed by atoms with E-state index in [1.54, 1.807) is 4.90 Å². The van der Waals surface area contributed by atoms with Crippen molar-refractivity contribution in [2.45, 2.75) is 32.2 Å². The highest BCUT2D eigenvalue weighted by Gasteiger charge is 2.45. The minimum atomic E-state index is -0.498. The van der Waals surface area contributed by atoms with Crippen LogP contribution in [0.5, 0.6) is 0 Å². The van der Waals surface area contributed by atoms with Crippen LogP contribution in [0.25, 0.3) is 0 Å². The number of carbonyl (C=O) groups is 1. The standard InChI is InChI=1S/C14H19N3O/c1-3-17-13(18)16-12(15)14(17,2)10-9-11-7-5-4-6-8-11/h4-8H,3,9-10H2,1-2H3,(H2,15,16,18). The van der Waals surface area contributed by atoms with Gasteiger partial charge < -0.3 is 4.90 Å². The van der Waals surface area contributed by atoms with E-state index in [0.29, 0.717) is 12.4 Å². The summed E-state index contributed by atoms with van der Waals surface area (Å²) < 4.78 is 0. The van der Waals surface area contributed by atoms with Crippen molar-refractivity contribution in [3.05, 3.63) is 35.9 Å². The maximum atomic E-state index is 11.7. The zero-order chi connectivity index (χ0) is 13.2. The predicted molar refractivity (Wildman–Crippen MR) is 71.8 cm³/mol. The number of aryl methyl sites for hydroxylation is 1. The van der Waals surface area contributed by atoms with E-state index < -0.39 is 5.54 Å². The first kappa shape index (κ1) is 12.6. The van der Waals surface area contributed by atoms with Crippen LogP contribution >= 0.6 is 0 Å². The van der Waals surface area contributed by atoms with Gasteiger partial charge in [-0.15, -0.1) is 0 Å². The zero-order valence-electron chi connectivity index (χ0n) is 10.9. The van der Waals surface area contributed by atoms with E-state index in [2.05, 4.69) is 17.4 Å². The summed E-state index contributed by atoms with van der Waals surface area (Å²) in [5, 5.41) is 10.6. The Labute approximate surface area is 108 Å². The van der Waals surface area contributed by atoms with Crippen molar-refractivity contribution < 1.29 is 4.79 Å². The highest BCUT2D eigenvalue weighted by atomic mass is 16.2. The van der Waals surface area contributed by atoms with Gasteiger partial charge in [0, 0.05) is 6.54 Å². The lowest BCUT2D eigenvalue weighted by Gasteiger charge is -2.32. The molecule has 0 bridgehead atoms. The number of amides is 2. The van der Waals surface area contributed by atoms with Crippen LogP contribution < -0.4 is 5.32 Å². The van der Waals surface area contributed by atoms with Gasteiger partial charge in [0.05, 0.1) is 5.54 Å². The van der Waals surface area contributed by atoms with Crippen molar-refractivity contribution in [1.82, 2.24) is 10.2 Å². The second-order valence-electron chi connectivity index (χ2n) is 4.81. The minimum absolute atomic E-state index is 0.155. The molecule has 2 N–H and O–H groups in total. The molecule has 4 heteroatoms. The number of carbonyl (C=O) groups excluding carboxylic acids is 1. The van der Waals surface area contributed by atoms with Gasteiger partial charge in [0.25, 0.3) is 0 Å². The van der Waals surface area contributed by atoms with E-state index in [0.717, 1.165) is 12.8 Å². The number of nitrogens with one attached hydrogen (secondary N) is 2. The summed E-state index contributed by atoms with van der Waals surface area (Å²) in [5.74, 6) is 0.310. The number of urea groups is 1. The van der Waals surface area contributed by atoms with E-state index >= 15 is 0 Å². The maximum absolute atomic E-state index is 11.7. The zero-order valence-corrected chi connectivity index (χ0v) is 10.9. The quantitative estimate of drug-likeness (QED) is 0.840. The number of hydrogen-bond acceptors (Lipinski definition) is 2. The van der Waals surface area contributed by atoms with Crippen LogP contribution in [0.1, 0.15) is 25.8 Å². The Bertz CT molecular complexity index is 457. The molecule has 1 atom stereocenters. The third-order valence-corrected chi connectivity index (χ3v) is 3.67. The summed E-state index contributed by atoms with van der Waals surface area (Å²) in [5.41, 5.74) is 0.740. The van der Waals surface area contributed by atoms with Crippen molar-refractivity contribution >= 4 is 11.9 Å². The van der Waals surface area contributed by atoms with Crippen molar-refractivity contribution in [3.8, 4) is 0 Å². The fourth-order valence-corrected chi connectivity index (χ4v) is 2.45. The van der Waals surface area contributed by atoms with Gasteiger partial charge in [-0.05, 0) is 32.3 Å². The van der Waals surface area contributed by atoms with E-state index in [4.69, 9.17) is 5.41 Å². The molecule has 0 aliphatic carbocycles. The molecule has 1 heterocycles. The lowest BCUT2D eigenvalue weighted by Crippen LogP contribution is -2.47. The van der Waals surface area contributed by atoms with E-state index in [-0.39, 0.29) is 6.03 Å². The lowest BCUT2D eigenvalue weighted by atomic mass is 9.91. The monoisotopic (exact) mass is 245 g/mol. The van der Waals surface area contributed by atoms with Gasteiger partial charge in [-0.25, -0.2) is 4.79 Å². The molecule has 2 rings (SSSR count). The SMILES string of the molecule is CCN1C(=O)NC(=N)C1(C)CCc1ccccc1. The van der Waals surface area contributed by atoms with Gasteiger partial charge in [0.15, 0.2) is 0 Å². The smallest absolute Gasteiger partial charge is 0.312 e. The molecule has 1 unspecified atom stereocenters. The summed E-state index contributed by atoms with van der Waals surface area (Å²) in [7, 11) is 0. The molecule has 0 radical (unpaired) electrons. The number of rotatable bonds is 4. The molecule has 1 aliphatic heterocycles. The Morgan fingerprint density at radius 3 is 2.61 bits per heavy atom. The lowest BCUT2D eigenvalue weighted by molar-refractivity contribution is 0.180. The van der Waals surface area contributed by atoms with E-state index in [9.17, 15) is 4.79 Å². The van der Waals surface area contributed by atoms with Gasteiger partial charge in [-0.1, -0.05) is 30.3 Å². The second-order valence-corrected chi connectivity index (χ2v) is 4.81. The molecule has 0 spiro atoms. The Morgan fingerprint density at radius 2 is 2.00 bits per heavy atom. The van der Waals surface area contributed by atoms with Crippen LogP contribution in [0.2, 0.25) is 0 Å². The molecule has 1 fully saturated rings. The molecule has 1 aromatic carbocycles. The fourth-order valence-electron chi connectivity index (χ4n) is 2.45. The van der Waals surface area contributed by atoms with Gasteiger partial charge >= 0.3 is 6.03 Å². The highest BCUT2D eigenvalue weighted by Crippen LogP contribution is 2.26. The molecule has 18 heavy (non-hydrogen) atoms. The number of amidine groups is 1. The summed E-state index contributed by atoms with van der Waals surface area (Å²) in [6, 6.07) is 10.0. The third kappa shape index (κ3) is 2.10. The van der Waals surface area contributed by atoms with Gasteiger partial charge in [-0.3, -0.25) is 10.7 Å². The summed E-state index contributed by atoms with van der Waals surface area (Å²) >= 11 is 0. The molecule has 1 aliphatic rings. The van der Waals surface area contributed by atoms with Crippen LogP contribution in [-0.2, 0) is 6.42 Å². The Hall–Kier alpha value is -1.84. The Balaban J connectivity index is 2.11. The summed E-state index contributed by atoms with van der Waals surface area (Å²) in [6.45, 7) is 4.53. The third-order valence-electron chi connectivity index (χ3n) is 3.67. The van der Waals surface area contributed by atoms with E-state index in [1.807, 2.05) is 32.0 Å². The second kappa shape index (κ2) is 4.80. The molecular formula is C14H19N3O. The molecular weight excluding hydrogens is 226 g/mol. The average Bonchev–Trinajstić information content (AvgIpc) is 2.59. The van der Waals surface area contributed by atoms with Crippen molar-refractivity contribution in [2.24, 2.45) is 0 Å². The number of benzene rings is 1. The predicted octanol–water partition coefficient (Wildman–Crippen LogP) is 2.40. The van der Waals surface area contributed by atoms with Gasteiger partial charge in [0.2, 0.25) is 0 Å². The molecule has 2 amide bonds. The van der Waals surface area contributed by atoms with Crippen LogP contribution in [0, 0.1) is 5.41 Å². The summed E-state index contributed by atoms with van der Waals surface area (Å²) in [4.78, 5) is 13.5. The van der Waals surface area contributed by atoms with Crippen molar-refractivity contribution in [2.75, 3.05) is 6.54 Å². The van der Waals surface area contributed by atoms with Gasteiger partial charge in [0.1, 0.15) is 5.84 Å². The van der Waals surface area contributed by atoms with Crippen molar-refractivity contribution in [3.63, 3.8) is 0 Å². The van der Waals surface area contributed by atoms with Crippen LogP contribution in [0.15, 0.2) is 30.3 Å². The fraction of sp³-hybridized carbons (Fsp3) is 0.429. The Kier molecular flexibility index (Phi) is 3.36. The highest BCUT2D eigenvalue weighted by molar-refractivity contribution is 6.08. The topological polar surface area (TPSA) is 56.2 Å². The molecule has 1 saturated heterocycles. The van der Waals surface area contributed by atoms with Crippen LogP contribution in [0.3, 0.4) is 0 Å². The van der Waals surface area contributed by atoms with Crippen LogP contribution in [-0.4, -0.2) is 28.9 Å². The van der Waals surface area contributed by atoms with E-state index in [1.165, 1.54) is 5.56 Å². The largest absolute Gasteiger partial charge is 0.323 e. The number of hydrogen-bond donors (Lipinski definition) is 2. The summed E-state index contributed by atoms with van der Waals surface area (Å²) in [6.07, 6.45) is 1.63. The number of nitrogens with zero attached hydrogens (tertiary/aromatic N) is 1. The van der Waals surface area contributed by atoms with Crippen LogP contribution in [0.4, 0.5) is 4.79 Å². The molecule has 0 aromatic heterocycles. The first-order valence-corrected chi connectivity index (χ1v) is 6.29. The maximum Gasteiger partial charge on any atom is 0.323 e. The van der Waals surface area contributed by atoms with Crippen molar-refractivity contribution in [1.29, 1.82) is 5.41 Å². The molecule has 96 valence electrons. The number of likely N-dealkylation sites (N-methyl/N-ethyl adjacent to an activating group) is 1. The first-order chi connectivity index (χ1) is 8.58. The van der Waals surface area contributed by atoms with Gasteiger partial charge in [-0.2, -0.15) is 0 Å². The normalized spacial score (nSPS) is 23.3.